The minimum absolute atomic E-state index is 0.0636. The Labute approximate surface area is 175 Å². The zero-order chi connectivity index (χ0) is 21.6. The highest BCUT2D eigenvalue weighted by molar-refractivity contribution is 5.83. The summed E-state index contributed by atoms with van der Waals surface area (Å²) in [6.07, 6.45) is 2.32. The molecule has 0 radical (unpaired) electrons. The summed E-state index contributed by atoms with van der Waals surface area (Å²) in [7, 11) is 0. The molecule has 3 unspecified atom stereocenters. The van der Waals surface area contributed by atoms with E-state index in [1.165, 1.54) is 6.42 Å². The van der Waals surface area contributed by atoms with E-state index in [-0.39, 0.29) is 17.8 Å². The molecule has 0 bridgehead atoms. The largest absolute Gasteiger partial charge is 0.444 e. The van der Waals surface area contributed by atoms with Crippen molar-refractivity contribution in [2.45, 2.75) is 78.1 Å². The van der Waals surface area contributed by atoms with Crippen LogP contribution in [0.2, 0.25) is 0 Å². The molecule has 3 saturated heterocycles. The van der Waals surface area contributed by atoms with Gasteiger partial charge in [-0.15, -0.1) is 0 Å². The number of Topliss-reactive ketones (excluding diaryl/α,β-unsaturated/α-hetero) is 1. The van der Waals surface area contributed by atoms with E-state index >= 15 is 0 Å². The predicted octanol–water partition coefficient (Wildman–Crippen LogP) is 3.25. The SMILES string of the molecule is CC1CN(C(=O)OC(C)(C)C)CCC1=O.CC1CNCCC1N1CCC(F)CC1. The number of piperidine rings is 3. The van der Waals surface area contributed by atoms with Crippen LogP contribution in [0.25, 0.3) is 0 Å². The van der Waals surface area contributed by atoms with E-state index in [9.17, 15) is 14.0 Å². The fourth-order valence-corrected chi connectivity index (χ4v) is 4.25. The minimum atomic E-state index is -0.539. The second-order valence-corrected chi connectivity index (χ2v) is 9.79. The van der Waals surface area contributed by atoms with Gasteiger partial charge in [0.05, 0.1) is 0 Å². The zero-order valence-corrected chi connectivity index (χ0v) is 18.9. The van der Waals surface area contributed by atoms with Gasteiger partial charge in [0.2, 0.25) is 0 Å². The number of rotatable bonds is 1. The quantitative estimate of drug-likeness (QED) is 0.715. The summed E-state index contributed by atoms with van der Waals surface area (Å²) < 4.78 is 18.2. The van der Waals surface area contributed by atoms with Crippen LogP contribution in [0.3, 0.4) is 0 Å². The first-order valence-corrected chi connectivity index (χ1v) is 11.2. The number of hydrogen-bond acceptors (Lipinski definition) is 5. The maximum absolute atomic E-state index is 13.0. The molecule has 3 heterocycles. The molecule has 1 N–H and O–H groups in total. The van der Waals surface area contributed by atoms with E-state index in [0.29, 0.717) is 25.6 Å². The van der Waals surface area contributed by atoms with E-state index in [2.05, 4.69) is 17.1 Å². The number of nitrogens with one attached hydrogen (secondary N) is 1. The van der Waals surface area contributed by atoms with Gasteiger partial charge in [0.25, 0.3) is 0 Å². The number of amides is 1. The number of ketones is 1. The van der Waals surface area contributed by atoms with Crippen molar-refractivity contribution in [1.82, 2.24) is 15.1 Å². The van der Waals surface area contributed by atoms with Crippen LogP contribution in [0.4, 0.5) is 9.18 Å². The van der Waals surface area contributed by atoms with Crippen LogP contribution in [0.15, 0.2) is 0 Å². The topological polar surface area (TPSA) is 61.9 Å². The average Bonchev–Trinajstić information content (AvgIpc) is 2.64. The van der Waals surface area contributed by atoms with Crippen molar-refractivity contribution in [2.75, 3.05) is 39.3 Å². The van der Waals surface area contributed by atoms with E-state index in [0.717, 1.165) is 44.9 Å². The Morgan fingerprint density at radius 1 is 1.14 bits per heavy atom. The molecule has 0 aromatic carbocycles. The molecule has 0 saturated carbocycles. The second-order valence-electron chi connectivity index (χ2n) is 9.79. The first kappa shape index (κ1) is 24.1. The molecule has 29 heavy (non-hydrogen) atoms. The normalized spacial score (nSPS) is 29.8. The minimum Gasteiger partial charge on any atom is -0.444 e. The third-order valence-electron chi connectivity index (χ3n) is 5.99. The van der Waals surface area contributed by atoms with Crippen LogP contribution in [0, 0.1) is 11.8 Å². The van der Waals surface area contributed by atoms with Gasteiger partial charge in [0.15, 0.2) is 0 Å². The Hall–Kier alpha value is -1.21. The van der Waals surface area contributed by atoms with Gasteiger partial charge in [-0.3, -0.25) is 9.69 Å². The van der Waals surface area contributed by atoms with Crippen molar-refractivity contribution >= 4 is 11.9 Å². The van der Waals surface area contributed by atoms with E-state index < -0.39 is 11.8 Å². The molecule has 3 aliphatic heterocycles. The Bertz CT molecular complexity index is 544. The van der Waals surface area contributed by atoms with E-state index in [4.69, 9.17) is 4.74 Å². The number of carbonyl (C=O) groups excluding carboxylic acids is 2. The number of alkyl halides is 1. The molecular formula is C22H40FN3O3. The van der Waals surface area contributed by atoms with Crippen LogP contribution in [-0.4, -0.2) is 78.8 Å². The van der Waals surface area contributed by atoms with E-state index in [1.54, 1.807) is 4.90 Å². The molecule has 0 aromatic heterocycles. The van der Waals surface area contributed by atoms with Gasteiger partial charge in [0.1, 0.15) is 17.6 Å². The van der Waals surface area contributed by atoms with Gasteiger partial charge < -0.3 is 15.0 Å². The summed E-state index contributed by atoms with van der Waals surface area (Å²) in [5, 5.41) is 3.41. The maximum atomic E-state index is 13.0. The zero-order valence-electron chi connectivity index (χ0n) is 18.9. The third-order valence-corrected chi connectivity index (χ3v) is 5.99. The van der Waals surface area contributed by atoms with Gasteiger partial charge in [-0.1, -0.05) is 13.8 Å². The number of hydrogen-bond donors (Lipinski definition) is 1. The highest BCUT2D eigenvalue weighted by atomic mass is 19.1. The summed E-state index contributed by atoms with van der Waals surface area (Å²) in [6.45, 7) is 14.8. The lowest BCUT2D eigenvalue weighted by atomic mass is 9.92. The lowest BCUT2D eigenvalue weighted by Gasteiger charge is -2.41. The second kappa shape index (κ2) is 10.7. The molecule has 3 aliphatic rings. The molecule has 0 aromatic rings. The van der Waals surface area contributed by atoms with Gasteiger partial charge in [-0.2, -0.15) is 0 Å². The first-order valence-electron chi connectivity index (χ1n) is 11.2. The maximum Gasteiger partial charge on any atom is 0.410 e. The van der Waals surface area contributed by atoms with Crippen LogP contribution < -0.4 is 5.32 Å². The fourth-order valence-electron chi connectivity index (χ4n) is 4.25. The van der Waals surface area contributed by atoms with Crippen LogP contribution in [0.5, 0.6) is 0 Å². The van der Waals surface area contributed by atoms with Gasteiger partial charge in [-0.05, 0) is 59.0 Å². The highest BCUT2D eigenvalue weighted by Gasteiger charge is 2.30. The van der Waals surface area contributed by atoms with Crippen LogP contribution >= 0.6 is 0 Å². The average molecular weight is 414 g/mol. The summed E-state index contributed by atoms with van der Waals surface area (Å²) in [5.74, 6) is 0.890. The Kier molecular flexibility index (Phi) is 8.89. The summed E-state index contributed by atoms with van der Waals surface area (Å²) in [4.78, 5) is 27.0. The number of nitrogens with zero attached hydrogens (tertiary/aromatic N) is 2. The number of likely N-dealkylation sites (tertiary alicyclic amines) is 2. The Morgan fingerprint density at radius 2 is 1.79 bits per heavy atom. The van der Waals surface area contributed by atoms with E-state index in [1.807, 2.05) is 27.7 Å². The van der Waals surface area contributed by atoms with Crippen molar-refractivity contribution in [3.63, 3.8) is 0 Å². The number of carbonyl (C=O) groups is 2. The molecule has 7 heteroatoms. The van der Waals surface area contributed by atoms with Crippen molar-refractivity contribution in [2.24, 2.45) is 11.8 Å². The Balaban J connectivity index is 0.000000207. The molecular weight excluding hydrogens is 373 g/mol. The molecule has 1 amide bonds. The summed E-state index contributed by atoms with van der Waals surface area (Å²) >= 11 is 0. The summed E-state index contributed by atoms with van der Waals surface area (Å²) in [5.41, 5.74) is -0.470. The summed E-state index contributed by atoms with van der Waals surface area (Å²) in [6, 6.07) is 0.698. The Morgan fingerprint density at radius 3 is 2.34 bits per heavy atom. The van der Waals surface area contributed by atoms with Gasteiger partial charge in [0, 0.05) is 44.6 Å². The van der Waals surface area contributed by atoms with Gasteiger partial charge >= 0.3 is 6.09 Å². The van der Waals surface area contributed by atoms with Gasteiger partial charge in [-0.25, -0.2) is 9.18 Å². The molecule has 3 atom stereocenters. The number of ether oxygens (including phenoxy) is 1. The van der Waals surface area contributed by atoms with Crippen molar-refractivity contribution in [3.05, 3.63) is 0 Å². The van der Waals surface area contributed by atoms with Crippen molar-refractivity contribution in [3.8, 4) is 0 Å². The lowest BCUT2D eigenvalue weighted by Crippen LogP contribution is -2.51. The lowest BCUT2D eigenvalue weighted by molar-refractivity contribution is -0.125. The van der Waals surface area contributed by atoms with Crippen LogP contribution in [-0.2, 0) is 9.53 Å². The van der Waals surface area contributed by atoms with Crippen LogP contribution in [0.1, 0.15) is 60.3 Å². The fraction of sp³-hybridized carbons (Fsp3) is 0.909. The molecule has 6 nitrogen and oxygen atoms in total. The first-order chi connectivity index (χ1) is 13.6. The molecule has 3 fully saturated rings. The third kappa shape index (κ3) is 7.85. The molecule has 3 rings (SSSR count). The standard InChI is InChI=1S/C11H21FN2.C11H19NO3/c1-9-8-13-5-2-11(9)14-6-3-10(12)4-7-14;1-8-7-12(6-5-9(8)13)10(14)15-11(2,3)4/h9-11,13H,2-8H2,1H3;8H,5-7H2,1-4H3. The van der Waals surface area contributed by atoms with Crippen molar-refractivity contribution < 1.29 is 18.7 Å². The molecule has 0 aliphatic carbocycles. The number of halogens is 1. The smallest absolute Gasteiger partial charge is 0.410 e. The predicted molar refractivity (Wildman–Crippen MR) is 113 cm³/mol. The molecule has 0 spiro atoms. The highest BCUT2D eigenvalue weighted by Crippen LogP contribution is 2.23. The molecule has 168 valence electrons. The monoisotopic (exact) mass is 413 g/mol. The van der Waals surface area contributed by atoms with Crippen molar-refractivity contribution in [1.29, 1.82) is 0 Å².